The zero-order valence-electron chi connectivity index (χ0n) is 20.8. The van der Waals surface area contributed by atoms with Gasteiger partial charge in [0.15, 0.2) is 0 Å². The molecule has 0 radical (unpaired) electrons. The zero-order valence-corrected chi connectivity index (χ0v) is 20.8. The lowest BCUT2D eigenvalue weighted by Crippen LogP contribution is -2.31. The highest BCUT2D eigenvalue weighted by Crippen LogP contribution is 2.25. The van der Waals surface area contributed by atoms with Crippen LogP contribution in [0.1, 0.15) is 45.2 Å². The minimum absolute atomic E-state index is 0.114. The Balaban J connectivity index is 1.94. The Hall–Kier alpha value is -3.09. The lowest BCUT2D eigenvalue weighted by molar-refractivity contribution is 0.416. The number of benzene rings is 1. The Morgan fingerprint density at radius 1 is 1.24 bits per heavy atom. The molecule has 0 bridgehead atoms. The van der Waals surface area contributed by atoms with Crippen molar-refractivity contribution in [1.82, 2.24) is 25.6 Å². The van der Waals surface area contributed by atoms with Gasteiger partial charge in [-0.15, -0.1) is 5.73 Å². The fourth-order valence-corrected chi connectivity index (χ4v) is 3.87. The van der Waals surface area contributed by atoms with Gasteiger partial charge in [0.05, 0.1) is 5.70 Å². The summed E-state index contributed by atoms with van der Waals surface area (Å²) in [7, 11) is 2.02. The molecule has 8 heteroatoms. The van der Waals surface area contributed by atoms with Crippen LogP contribution in [0.4, 0.5) is 23.5 Å². The molecular formula is C25H38N8. The highest BCUT2D eigenvalue weighted by Gasteiger charge is 2.20. The summed E-state index contributed by atoms with van der Waals surface area (Å²) in [5.74, 6) is 1.75. The van der Waals surface area contributed by atoms with Crippen LogP contribution in [0, 0.1) is 12.3 Å². The van der Waals surface area contributed by atoms with E-state index in [-0.39, 0.29) is 5.41 Å². The number of nitrogens with zero attached hydrogens (tertiary/aromatic N) is 4. The normalized spacial score (nSPS) is 15.6. The highest BCUT2D eigenvalue weighted by atomic mass is 15.3. The van der Waals surface area contributed by atoms with Crippen molar-refractivity contribution in [2.75, 3.05) is 48.8 Å². The van der Waals surface area contributed by atoms with Crippen LogP contribution < -0.4 is 26.2 Å². The second-order valence-electron chi connectivity index (χ2n) is 9.77. The third-order valence-corrected chi connectivity index (χ3v) is 5.37. The fraction of sp³-hybridized carbons (Fsp3) is 0.520. The first-order valence-corrected chi connectivity index (χ1v) is 11.6. The fourth-order valence-electron chi connectivity index (χ4n) is 3.87. The number of rotatable bonds is 9. The maximum absolute atomic E-state index is 4.75. The van der Waals surface area contributed by atoms with Crippen LogP contribution >= 0.6 is 0 Å². The number of nitrogens with one attached hydrogen (secondary N) is 4. The topological polar surface area (TPSA) is 90.0 Å². The first-order valence-electron chi connectivity index (χ1n) is 11.6. The Bertz CT molecular complexity index is 998. The molecule has 8 nitrogen and oxygen atoms in total. The number of aryl methyl sites for hydroxylation is 1. The standard InChI is InChI=1S/C25H38N8/c1-8-20(27-9-2)18-11-10-17(3)21(14-18)29-23-30-22(28-19-12-13-26-15-19)31-24(32-23)33(7)16-25(4,5)6/h10-11,14,19,26-27H,1,9,12-13,15-16H2,2-7H3,(H2,28,29,30,31,32)/t19-/m1/s1. The Morgan fingerprint density at radius 3 is 2.64 bits per heavy atom. The molecule has 1 aromatic carbocycles. The predicted molar refractivity (Wildman–Crippen MR) is 138 cm³/mol. The molecule has 1 aromatic heterocycles. The van der Waals surface area contributed by atoms with Gasteiger partial charge in [0, 0.05) is 44.0 Å². The van der Waals surface area contributed by atoms with Gasteiger partial charge < -0.3 is 26.2 Å². The van der Waals surface area contributed by atoms with Crippen molar-refractivity contribution in [3.8, 4) is 0 Å². The summed E-state index contributed by atoms with van der Waals surface area (Å²) < 4.78 is 0. The summed E-state index contributed by atoms with van der Waals surface area (Å²) in [6.07, 6.45) is 1.05. The van der Waals surface area contributed by atoms with Crippen LogP contribution in [0.5, 0.6) is 0 Å². The summed E-state index contributed by atoms with van der Waals surface area (Å²) in [6.45, 7) is 18.1. The van der Waals surface area contributed by atoms with Gasteiger partial charge in [0.2, 0.25) is 17.8 Å². The molecule has 1 fully saturated rings. The summed E-state index contributed by atoms with van der Waals surface area (Å²) in [6, 6.07) is 6.52. The van der Waals surface area contributed by atoms with Crippen LogP contribution in [0.25, 0.3) is 5.70 Å². The maximum Gasteiger partial charge on any atom is 0.233 e. The minimum Gasteiger partial charge on any atom is -0.379 e. The molecule has 0 unspecified atom stereocenters. The summed E-state index contributed by atoms with van der Waals surface area (Å²) >= 11 is 0. The molecule has 0 aliphatic carbocycles. The van der Waals surface area contributed by atoms with E-state index >= 15 is 0 Å². The van der Waals surface area contributed by atoms with E-state index in [1.165, 1.54) is 0 Å². The summed E-state index contributed by atoms with van der Waals surface area (Å²) in [5, 5.41) is 13.6. The van der Waals surface area contributed by atoms with Crippen molar-refractivity contribution >= 4 is 29.2 Å². The van der Waals surface area contributed by atoms with Gasteiger partial charge in [0.1, 0.15) is 0 Å². The lowest BCUT2D eigenvalue weighted by atomic mass is 9.96. The molecule has 2 heterocycles. The molecule has 0 saturated carbocycles. The van der Waals surface area contributed by atoms with E-state index in [4.69, 9.17) is 15.0 Å². The van der Waals surface area contributed by atoms with Crippen LogP contribution in [0.3, 0.4) is 0 Å². The molecule has 0 spiro atoms. The molecule has 4 N–H and O–H groups in total. The van der Waals surface area contributed by atoms with Crippen molar-refractivity contribution in [3.05, 3.63) is 41.6 Å². The van der Waals surface area contributed by atoms with Gasteiger partial charge in [-0.3, -0.25) is 0 Å². The Kier molecular flexibility index (Phi) is 7.95. The van der Waals surface area contributed by atoms with Gasteiger partial charge in [-0.05, 0) is 43.9 Å². The van der Waals surface area contributed by atoms with E-state index in [0.29, 0.717) is 23.9 Å². The van der Waals surface area contributed by atoms with Crippen molar-refractivity contribution < 1.29 is 0 Å². The number of hydrogen-bond acceptors (Lipinski definition) is 8. The monoisotopic (exact) mass is 450 g/mol. The van der Waals surface area contributed by atoms with Gasteiger partial charge >= 0.3 is 0 Å². The molecule has 2 aromatic rings. The molecule has 178 valence electrons. The number of aromatic nitrogens is 3. The number of hydrogen-bond donors (Lipinski definition) is 4. The molecule has 1 atom stereocenters. The quantitative estimate of drug-likeness (QED) is 0.428. The molecule has 1 aliphatic heterocycles. The molecular weight excluding hydrogens is 412 g/mol. The second-order valence-corrected chi connectivity index (χ2v) is 9.77. The lowest BCUT2D eigenvalue weighted by Gasteiger charge is -2.27. The second kappa shape index (κ2) is 10.7. The van der Waals surface area contributed by atoms with Gasteiger partial charge in [-0.2, -0.15) is 15.0 Å². The minimum atomic E-state index is 0.114. The van der Waals surface area contributed by atoms with E-state index < -0.39 is 0 Å². The first kappa shape index (κ1) is 24.6. The van der Waals surface area contributed by atoms with Crippen LogP contribution in [-0.2, 0) is 0 Å². The molecule has 0 amide bonds. The molecule has 33 heavy (non-hydrogen) atoms. The van der Waals surface area contributed by atoms with E-state index in [1.807, 2.05) is 7.05 Å². The third kappa shape index (κ3) is 6.94. The van der Waals surface area contributed by atoms with Gasteiger partial charge in [-0.1, -0.05) is 39.5 Å². The van der Waals surface area contributed by atoms with E-state index in [1.54, 1.807) is 0 Å². The van der Waals surface area contributed by atoms with E-state index in [0.717, 1.165) is 55.1 Å². The third-order valence-electron chi connectivity index (χ3n) is 5.37. The van der Waals surface area contributed by atoms with Crippen molar-refractivity contribution in [1.29, 1.82) is 0 Å². The summed E-state index contributed by atoms with van der Waals surface area (Å²) in [5.41, 5.74) is 7.01. The smallest absolute Gasteiger partial charge is 0.233 e. The summed E-state index contributed by atoms with van der Waals surface area (Å²) in [4.78, 5) is 16.2. The van der Waals surface area contributed by atoms with Crippen LogP contribution in [-0.4, -0.2) is 54.2 Å². The number of anilines is 4. The predicted octanol–water partition coefficient (Wildman–Crippen LogP) is 3.92. The van der Waals surface area contributed by atoms with Crippen LogP contribution in [0.15, 0.2) is 30.5 Å². The van der Waals surface area contributed by atoms with Crippen LogP contribution in [0.2, 0.25) is 0 Å². The molecule has 3 rings (SSSR count). The maximum atomic E-state index is 4.75. The molecule has 1 saturated heterocycles. The Morgan fingerprint density at radius 2 is 2.00 bits per heavy atom. The van der Waals surface area contributed by atoms with Gasteiger partial charge in [-0.25, -0.2) is 0 Å². The van der Waals surface area contributed by atoms with Crippen molar-refractivity contribution in [2.24, 2.45) is 5.41 Å². The van der Waals surface area contributed by atoms with Crippen molar-refractivity contribution in [3.63, 3.8) is 0 Å². The van der Waals surface area contributed by atoms with Crippen molar-refractivity contribution in [2.45, 2.75) is 47.1 Å². The van der Waals surface area contributed by atoms with Gasteiger partial charge in [0.25, 0.3) is 0 Å². The SMILES string of the molecule is C=C=C(NCC)c1ccc(C)c(Nc2nc(N[C@@H]3CCNC3)nc(N(C)CC(C)(C)C)n2)c1. The largest absolute Gasteiger partial charge is 0.379 e. The van der Waals surface area contributed by atoms with E-state index in [9.17, 15) is 0 Å². The average molecular weight is 451 g/mol. The first-order chi connectivity index (χ1) is 15.7. The Labute approximate surface area is 198 Å². The van der Waals surface area contributed by atoms with E-state index in [2.05, 4.69) is 91.3 Å². The average Bonchev–Trinajstić information content (AvgIpc) is 3.25. The zero-order chi connectivity index (χ0) is 24.0. The highest BCUT2D eigenvalue weighted by molar-refractivity contribution is 5.70. The molecule has 1 aliphatic rings.